The monoisotopic (exact) mass is 211 g/mol. The number of likely N-dealkylation sites (N-methyl/N-ethyl adjacent to an activating group) is 1. The zero-order valence-corrected chi connectivity index (χ0v) is 10.1. The van der Waals surface area contributed by atoms with Crippen LogP contribution in [0.15, 0.2) is 6.20 Å². The molecular formula is C11H21N3O. The van der Waals surface area contributed by atoms with Gasteiger partial charge >= 0.3 is 0 Å². The lowest BCUT2D eigenvalue weighted by Crippen LogP contribution is -2.25. The number of aromatic nitrogens is 2. The van der Waals surface area contributed by atoms with Crippen LogP contribution >= 0.6 is 0 Å². The molecule has 1 aromatic heterocycles. The average Bonchev–Trinajstić information content (AvgIpc) is 2.59. The molecular weight excluding hydrogens is 190 g/mol. The SMILES string of the molecule is CCNC(COC)c1cn(C)nc1CC. The summed E-state index contributed by atoms with van der Waals surface area (Å²) in [6.45, 7) is 5.85. The molecule has 0 radical (unpaired) electrons. The van der Waals surface area contributed by atoms with E-state index in [1.165, 1.54) is 5.56 Å². The van der Waals surface area contributed by atoms with Gasteiger partial charge in [0, 0.05) is 25.9 Å². The number of ether oxygens (including phenoxy) is 1. The highest BCUT2D eigenvalue weighted by Crippen LogP contribution is 2.17. The van der Waals surface area contributed by atoms with Crippen LogP contribution < -0.4 is 5.32 Å². The van der Waals surface area contributed by atoms with Crippen molar-refractivity contribution in [2.24, 2.45) is 7.05 Å². The Morgan fingerprint density at radius 3 is 2.80 bits per heavy atom. The van der Waals surface area contributed by atoms with Gasteiger partial charge in [0.2, 0.25) is 0 Å². The molecule has 1 rings (SSSR count). The van der Waals surface area contributed by atoms with Crippen LogP contribution in [0.4, 0.5) is 0 Å². The summed E-state index contributed by atoms with van der Waals surface area (Å²) in [6, 6.07) is 0.253. The minimum atomic E-state index is 0.253. The van der Waals surface area contributed by atoms with Crippen molar-refractivity contribution in [2.75, 3.05) is 20.3 Å². The molecule has 4 nitrogen and oxygen atoms in total. The Hall–Kier alpha value is -0.870. The molecule has 15 heavy (non-hydrogen) atoms. The largest absolute Gasteiger partial charge is 0.383 e. The second-order valence-corrected chi connectivity index (χ2v) is 3.62. The third kappa shape index (κ3) is 3.04. The van der Waals surface area contributed by atoms with Crippen LogP contribution in [0.25, 0.3) is 0 Å². The lowest BCUT2D eigenvalue weighted by molar-refractivity contribution is 0.167. The molecule has 1 heterocycles. The van der Waals surface area contributed by atoms with E-state index in [0.29, 0.717) is 6.61 Å². The molecule has 4 heteroatoms. The standard InChI is InChI=1S/C11H21N3O/c1-5-10-9(7-14(3)13-10)11(8-15-4)12-6-2/h7,11-12H,5-6,8H2,1-4H3. The number of nitrogens with zero attached hydrogens (tertiary/aromatic N) is 2. The summed E-state index contributed by atoms with van der Waals surface area (Å²) in [6.07, 6.45) is 3.03. The predicted octanol–water partition coefficient (Wildman–Crippen LogP) is 1.28. The van der Waals surface area contributed by atoms with E-state index in [9.17, 15) is 0 Å². The van der Waals surface area contributed by atoms with E-state index in [-0.39, 0.29) is 6.04 Å². The maximum Gasteiger partial charge on any atom is 0.0670 e. The van der Waals surface area contributed by atoms with Crippen LogP contribution in [0.5, 0.6) is 0 Å². The normalized spacial score (nSPS) is 13.1. The molecule has 0 aliphatic heterocycles. The molecule has 0 fully saturated rings. The molecule has 1 atom stereocenters. The first-order valence-electron chi connectivity index (χ1n) is 5.47. The Morgan fingerprint density at radius 1 is 1.53 bits per heavy atom. The van der Waals surface area contributed by atoms with Gasteiger partial charge in [0.25, 0.3) is 0 Å². The Morgan fingerprint density at radius 2 is 2.27 bits per heavy atom. The first kappa shape index (κ1) is 12.2. The predicted molar refractivity (Wildman–Crippen MR) is 60.9 cm³/mol. The quantitative estimate of drug-likeness (QED) is 0.770. The summed E-state index contributed by atoms with van der Waals surface area (Å²) in [7, 11) is 3.69. The Kier molecular flexibility index (Phi) is 4.78. The lowest BCUT2D eigenvalue weighted by atomic mass is 10.1. The highest BCUT2D eigenvalue weighted by atomic mass is 16.5. The van der Waals surface area contributed by atoms with Gasteiger partial charge in [-0.3, -0.25) is 4.68 Å². The smallest absolute Gasteiger partial charge is 0.0670 e. The number of methoxy groups -OCH3 is 1. The molecule has 0 saturated carbocycles. The number of aryl methyl sites for hydroxylation is 2. The second kappa shape index (κ2) is 5.88. The average molecular weight is 211 g/mol. The van der Waals surface area contributed by atoms with Crippen molar-refractivity contribution in [2.45, 2.75) is 26.3 Å². The highest BCUT2D eigenvalue weighted by molar-refractivity contribution is 5.21. The topological polar surface area (TPSA) is 39.1 Å². The van der Waals surface area contributed by atoms with Gasteiger partial charge in [0.1, 0.15) is 0 Å². The van der Waals surface area contributed by atoms with Gasteiger partial charge in [-0.15, -0.1) is 0 Å². The van der Waals surface area contributed by atoms with Gasteiger partial charge in [0.15, 0.2) is 0 Å². The fourth-order valence-corrected chi connectivity index (χ4v) is 1.79. The van der Waals surface area contributed by atoms with Crippen LogP contribution in [-0.4, -0.2) is 30.0 Å². The van der Waals surface area contributed by atoms with Gasteiger partial charge in [-0.1, -0.05) is 13.8 Å². The Bertz CT molecular complexity index is 290. The van der Waals surface area contributed by atoms with Crippen molar-refractivity contribution in [3.05, 3.63) is 17.5 Å². The van der Waals surface area contributed by atoms with E-state index < -0.39 is 0 Å². The molecule has 0 aromatic carbocycles. The molecule has 0 aliphatic rings. The summed E-state index contributed by atoms with van der Waals surface area (Å²) in [5, 5.41) is 7.85. The Balaban J connectivity index is 2.87. The van der Waals surface area contributed by atoms with Crippen LogP contribution in [-0.2, 0) is 18.2 Å². The molecule has 0 saturated heterocycles. The van der Waals surface area contributed by atoms with Crippen molar-refractivity contribution < 1.29 is 4.74 Å². The summed E-state index contributed by atoms with van der Waals surface area (Å²) in [5.41, 5.74) is 2.41. The van der Waals surface area contributed by atoms with Gasteiger partial charge < -0.3 is 10.1 Å². The fraction of sp³-hybridized carbons (Fsp3) is 0.727. The zero-order chi connectivity index (χ0) is 11.3. The first-order chi connectivity index (χ1) is 7.22. The summed E-state index contributed by atoms with van der Waals surface area (Å²) in [4.78, 5) is 0. The molecule has 0 spiro atoms. The zero-order valence-electron chi connectivity index (χ0n) is 10.1. The number of hydrogen-bond acceptors (Lipinski definition) is 3. The number of nitrogens with one attached hydrogen (secondary N) is 1. The maximum atomic E-state index is 5.22. The van der Waals surface area contributed by atoms with Gasteiger partial charge in [0.05, 0.1) is 18.3 Å². The van der Waals surface area contributed by atoms with Crippen molar-refractivity contribution in [3.63, 3.8) is 0 Å². The maximum absolute atomic E-state index is 5.22. The third-order valence-corrected chi connectivity index (χ3v) is 2.43. The number of rotatable bonds is 6. The van der Waals surface area contributed by atoms with E-state index in [0.717, 1.165) is 18.7 Å². The van der Waals surface area contributed by atoms with Crippen LogP contribution in [0, 0.1) is 0 Å². The van der Waals surface area contributed by atoms with E-state index in [2.05, 4.69) is 30.5 Å². The molecule has 1 aromatic rings. The van der Waals surface area contributed by atoms with Crippen molar-refractivity contribution in [1.29, 1.82) is 0 Å². The van der Waals surface area contributed by atoms with E-state index in [1.54, 1.807) is 7.11 Å². The van der Waals surface area contributed by atoms with Crippen molar-refractivity contribution >= 4 is 0 Å². The first-order valence-corrected chi connectivity index (χ1v) is 5.47. The minimum absolute atomic E-state index is 0.253. The number of hydrogen-bond donors (Lipinski definition) is 1. The summed E-state index contributed by atoms with van der Waals surface area (Å²) in [5.74, 6) is 0. The molecule has 1 unspecified atom stereocenters. The van der Waals surface area contributed by atoms with Crippen LogP contribution in [0.2, 0.25) is 0 Å². The van der Waals surface area contributed by atoms with Gasteiger partial charge in [-0.2, -0.15) is 5.10 Å². The highest BCUT2D eigenvalue weighted by Gasteiger charge is 2.16. The van der Waals surface area contributed by atoms with Crippen LogP contribution in [0.3, 0.4) is 0 Å². The molecule has 0 aliphatic carbocycles. The van der Waals surface area contributed by atoms with E-state index >= 15 is 0 Å². The van der Waals surface area contributed by atoms with E-state index in [1.807, 2.05) is 11.7 Å². The molecule has 0 bridgehead atoms. The second-order valence-electron chi connectivity index (χ2n) is 3.62. The Labute approximate surface area is 91.6 Å². The van der Waals surface area contributed by atoms with Crippen LogP contribution in [0.1, 0.15) is 31.1 Å². The van der Waals surface area contributed by atoms with Crippen molar-refractivity contribution in [1.82, 2.24) is 15.1 Å². The fourth-order valence-electron chi connectivity index (χ4n) is 1.79. The summed E-state index contributed by atoms with van der Waals surface area (Å²) >= 11 is 0. The van der Waals surface area contributed by atoms with Crippen molar-refractivity contribution in [3.8, 4) is 0 Å². The van der Waals surface area contributed by atoms with Gasteiger partial charge in [-0.25, -0.2) is 0 Å². The molecule has 0 amide bonds. The lowest BCUT2D eigenvalue weighted by Gasteiger charge is -2.16. The minimum Gasteiger partial charge on any atom is -0.383 e. The van der Waals surface area contributed by atoms with Gasteiger partial charge in [-0.05, 0) is 13.0 Å². The third-order valence-electron chi connectivity index (χ3n) is 2.43. The van der Waals surface area contributed by atoms with E-state index in [4.69, 9.17) is 4.74 Å². The molecule has 1 N–H and O–H groups in total. The molecule has 86 valence electrons. The summed E-state index contributed by atoms with van der Waals surface area (Å²) < 4.78 is 7.09.